The van der Waals surface area contributed by atoms with E-state index in [-0.39, 0.29) is 5.91 Å². The average Bonchev–Trinajstić information content (AvgIpc) is 3.29. The van der Waals surface area contributed by atoms with Crippen molar-refractivity contribution in [2.45, 2.75) is 29.4 Å². The van der Waals surface area contributed by atoms with E-state index in [0.717, 1.165) is 41.1 Å². The summed E-state index contributed by atoms with van der Waals surface area (Å²) in [6.07, 6.45) is 4.90. The Morgan fingerprint density at radius 2 is 1.96 bits per heavy atom. The first-order valence-electron chi connectivity index (χ1n) is 9.06. The van der Waals surface area contributed by atoms with Crippen LogP contribution in [0.4, 0.5) is 0 Å². The molecular weight excluding hydrogens is 414 g/mol. The zero-order valence-electron chi connectivity index (χ0n) is 14.8. The Morgan fingerprint density at radius 1 is 1.14 bits per heavy atom. The maximum atomic E-state index is 12.7. The summed E-state index contributed by atoms with van der Waals surface area (Å²) < 4.78 is 3.16. The molecule has 0 atom stereocenters. The van der Waals surface area contributed by atoms with Gasteiger partial charge in [-0.25, -0.2) is 4.98 Å². The number of piperidine rings is 1. The van der Waals surface area contributed by atoms with Gasteiger partial charge in [0.05, 0.1) is 20.8 Å². The van der Waals surface area contributed by atoms with Crippen LogP contribution in [-0.4, -0.2) is 43.5 Å². The van der Waals surface area contributed by atoms with Gasteiger partial charge in [0.1, 0.15) is 5.03 Å². The summed E-state index contributed by atoms with van der Waals surface area (Å²) in [5.41, 5.74) is 1.59. The third-order valence-corrected chi connectivity index (χ3v) is 7.17. The first-order chi connectivity index (χ1) is 13.7. The number of fused-ring (bicyclic) bond motifs is 3. The molecule has 0 unspecified atom stereocenters. The molecule has 1 fully saturated rings. The van der Waals surface area contributed by atoms with Crippen LogP contribution in [0.2, 0.25) is 5.02 Å². The Labute approximate surface area is 174 Å². The summed E-state index contributed by atoms with van der Waals surface area (Å²) in [5.74, 6) is -0.000605. The fraction of sp³-hybridized carbons (Fsp3) is 0.263. The number of rotatable bonds is 3. The second kappa shape index (κ2) is 7.35. The van der Waals surface area contributed by atoms with Gasteiger partial charge in [-0.3, -0.25) is 9.20 Å². The zero-order valence-corrected chi connectivity index (χ0v) is 17.2. The fourth-order valence-electron chi connectivity index (χ4n) is 3.41. The Balaban J connectivity index is 1.44. The Morgan fingerprint density at radius 3 is 2.79 bits per heavy atom. The van der Waals surface area contributed by atoms with Crippen molar-refractivity contribution in [1.82, 2.24) is 24.5 Å². The summed E-state index contributed by atoms with van der Waals surface area (Å²) in [6, 6.07) is 9.82. The monoisotopic (exact) mass is 429 g/mol. The molecule has 0 aliphatic carbocycles. The molecule has 1 aliphatic heterocycles. The van der Waals surface area contributed by atoms with E-state index in [4.69, 9.17) is 11.6 Å². The molecule has 0 bridgehead atoms. The number of hydrogen-bond acceptors (Lipinski definition) is 6. The highest BCUT2D eigenvalue weighted by molar-refractivity contribution is 7.99. The molecule has 4 heterocycles. The number of para-hydroxylation sites is 1. The third kappa shape index (κ3) is 3.15. The van der Waals surface area contributed by atoms with Crippen LogP contribution in [0.5, 0.6) is 0 Å². The predicted molar refractivity (Wildman–Crippen MR) is 111 cm³/mol. The highest BCUT2D eigenvalue weighted by Gasteiger charge is 2.21. The summed E-state index contributed by atoms with van der Waals surface area (Å²) in [4.78, 5) is 19.8. The van der Waals surface area contributed by atoms with Gasteiger partial charge in [0, 0.05) is 19.3 Å². The molecule has 6 nitrogen and oxygen atoms in total. The van der Waals surface area contributed by atoms with Gasteiger partial charge < -0.3 is 4.90 Å². The van der Waals surface area contributed by atoms with Crippen LogP contribution in [0, 0.1) is 0 Å². The van der Waals surface area contributed by atoms with Crippen LogP contribution in [0.25, 0.3) is 15.2 Å². The van der Waals surface area contributed by atoms with E-state index < -0.39 is 0 Å². The number of aromatic nitrogens is 4. The zero-order chi connectivity index (χ0) is 19.1. The molecule has 1 aliphatic rings. The van der Waals surface area contributed by atoms with Gasteiger partial charge in [0.2, 0.25) is 10.1 Å². The molecule has 0 spiro atoms. The van der Waals surface area contributed by atoms with E-state index in [2.05, 4.69) is 21.2 Å². The van der Waals surface area contributed by atoms with Crippen molar-refractivity contribution in [1.29, 1.82) is 0 Å². The molecule has 0 N–H and O–H groups in total. The van der Waals surface area contributed by atoms with Gasteiger partial charge in [-0.05, 0) is 49.2 Å². The lowest BCUT2D eigenvalue weighted by molar-refractivity contribution is 0.0724. The number of halogens is 1. The van der Waals surface area contributed by atoms with Crippen LogP contribution >= 0.6 is 34.7 Å². The van der Waals surface area contributed by atoms with E-state index in [1.54, 1.807) is 23.6 Å². The number of pyridine rings is 1. The summed E-state index contributed by atoms with van der Waals surface area (Å²) >= 11 is 9.41. The third-order valence-electron chi connectivity index (χ3n) is 4.80. The molecule has 1 amide bonds. The minimum Gasteiger partial charge on any atom is -0.339 e. The Kier molecular flexibility index (Phi) is 4.70. The number of carbonyl (C=O) groups excluding carboxylic acids is 1. The molecule has 9 heteroatoms. The summed E-state index contributed by atoms with van der Waals surface area (Å²) in [6.45, 7) is 1.60. The Bertz CT molecular complexity index is 1180. The minimum absolute atomic E-state index is 0.000605. The van der Waals surface area contributed by atoms with Crippen LogP contribution in [0.3, 0.4) is 0 Å². The number of likely N-dealkylation sites (tertiary alicyclic amines) is 1. The Hall–Kier alpha value is -2.16. The number of carbonyl (C=O) groups is 1. The molecule has 3 aromatic heterocycles. The standard InChI is InChI=1S/C19H16ClN5OS2/c20-13-10-12(17(26)24-8-4-1-5-9-24)11-21-16(13)28-19-23-22-18-25(19)14-6-2-3-7-15(14)27-18/h2-3,6-7,10-11H,1,4-5,8-9H2. The first kappa shape index (κ1) is 17.9. The maximum absolute atomic E-state index is 12.7. The SMILES string of the molecule is O=C(c1cnc(Sc2nnc3sc4ccccc4n23)c(Cl)c1)N1CCCCC1. The molecule has 5 rings (SSSR count). The number of amides is 1. The van der Waals surface area contributed by atoms with Gasteiger partial charge in [-0.2, -0.15) is 0 Å². The molecule has 28 heavy (non-hydrogen) atoms. The van der Waals surface area contributed by atoms with E-state index in [0.29, 0.717) is 20.8 Å². The van der Waals surface area contributed by atoms with Gasteiger partial charge in [-0.15, -0.1) is 10.2 Å². The van der Waals surface area contributed by atoms with Crippen molar-refractivity contribution in [3.05, 3.63) is 47.1 Å². The molecule has 4 aromatic rings. The predicted octanol–water partition coefficient (Wildman–Crippen LogP) is 4.77. The first-order valence-corrected chi connectivity index (χ1v) is 11.1. The smallest absolute Gasteiger partial charge is 0.255 e. The van der Waals surface area contributed by atoms with Crippen molar-refractivity contribution < 1.29 is 4.79 Å². The van der Waals surface area contributed by atoms with Crippen molar-refractivity contribution in [3.63, 3.8) is 0 Å². The van der Waals surface area contributed by atoms with Crippen molar-refractivity contribution in [3.8, 4) is 0 Å². The molecule has 1 aromatic carbocycles. The largest absolute Gasteiger partial charge is 0.339 e. The molecule has 142 valence electrons. The number of benzene rings is 1. The lowest BCUT2D eigenvalue weighted by Crippen LogP contribution is -2.35. The van der Waals surface area contributed by atoms with E-state index in [1.165, 1.54) is 18.2 Å². The fourth-order valence-corrected chi connectivity index (χ4v) is 5.50. The second-order valence-electron chi connectivity index (χ2n) is 6.64. The molecule has 0 radical (unpaired) electrons. The van der Waals surface area contributed by atoms with Gasteiger partial charge >= 0.3 is 0 Å². The maximum Gasteiger partial charge on any atom is 0.255 e. The van der Waals surface area contributed by atoms with Crippen LogP contribution in [-0.2, 0) is 0 Å². The number of thiazole rings is 1. The second-order valence-corrected chi connectivity index (χ2v) is 9.01. The van der Waals surface area contributed by atoms with Crippen LogP contribution in [0.15, 0.2) is 46.7 Å². The van der Waals surface area contributed by atoms with Crippen LogP contribution < -0.4 is 0 Å². The highest BCUT2D eigenvalue weighted by Crippen LogP contribution is 2.35. The van der Waals surface area contributed by atoms with Crippen molar-refractivity contribution in [2.75, 3.05) is 13.1 Å². The highest BCUT2D eigenvalue weighted by atomic mass is 35.5. The minimum atomic E-state index is -0.000605. The lowest BCUT2D eigenvalue weighted by atomic mass is 10.1. The van der Waals surface area contributed by atoms with Gasteiger partial charge in [0.15, 0.2) is 0 Å². The van der Waals surface area contributed by atoms with E-state index >= 15 is 0 Å². The van der Waals surface area contributed by atoms with Crippen LogP contribution in [0.1, 0.15) is 29.6 Å². The number of hydrogen-bond donors (Lipinski definition) is 0. The van der Waals surface area contributed by atoms with Gasteiger partial charge in [0.25, 0.3) is 5.91 Å². The lowest BCUT2D eigenvalue weighted by Gasteiger charge is -2.26. The van der Waals surface area contributed by atoms with Gasteiger partial charge in [-0.1, -0.05) is 35.1 Å². The molecular formula is C19H16ClN5OS2. The summed E-state index contributed by atoms with van der Waals surface area (Å²) in [5, 5.41) is 10.3. The van der Waals surface area contributed by atoms with E-state index in [9.17, 15) is 4.79 Å². The average molecular weight is 430 g/mol. The summed E-state index contributed by atoms with van der Waals surface area (Å²) in [7, 11) is 0. The quantitative estimate of drug-likeness (QED) is 0.469. The normalized spacial score (nSPS) is 14.8. The number of nitrogens with zero attached hydrogens (tertiary/aromatic N) is 5. The molecule has 1 saturated heterocycles. The van der Waals surface area contributed by atoms with Crippen molar-refractivity contribution in [2.24, 2.45) is 0 Å². The van der Waals surface area contributed by atoms with E-state index in [1.807, 2.05) is 27.5 Å². The van der Waals surface area contributed by atoms with Crippen molar-refractivity contribution >= 4 is 55.8 Å². The molecule has 0 saturated carbocycles. The topological polar surface area (TPSA) is 63.4 Å².